The Labute approximate surface area is 138 Å². The Balaban J connectivity index is 1.62. The van der Waals surface area contributed by atoms with E-state index >= 15 is 0 Å². The van der Waals surface area contributed by atoms with E-state index in [9.17, 15) is 9.59 Å². The second-order valence-electron chi connectivity index (χ2n) is 5.38. The van der Waals surface area contributed by atoms with E-state index in [0.717, 1.165) is 6.42 Å². The number of hydrogen-bond donors (Lipinski definition) is 1. The highest BCUT2D eigenvalue weighted by molar-refractivity contribution is 7.07. The molecule has 1 N–H and O–H groups in total. The standard InChI is InChI=1S/C17H18N2O3S/c1-12-17(21)19(14-4-2-3-5-15(14)22-12)10-16(20)18-8-6-13-7-9-23-11-13/h2-5,7,9,11-12H,6,8,10H2,1H3,(H,18,20). The van der Waals surface area contributed by atoms with E-state index in [1.807, 2.05) is 23.6 Å². The number of para-hydroxylation sites is 2. The number of hydrogen-bond acceptors (Lipinski definition) is 4. The Morgan fingerprint density at radius 3 is 2.96 bits per heavy atom. The lowest BCUT2D eigenvalue weighted by Gasteiger charge is -2.32. The number of anilines is 1. The summed E-state index contributed by atoms with van der Waals surface area (Å²) in [4.78, 5) is 26.0. The molecule has 0 fully saturated rings. The fraction of sp³-hybridized carbons (Fsp3) is 0.294. The van der Waals surface area contributed by atoms with Crippen molar-refractivity contribution < 1.29 is 14.3 Å². The van der Waals surface area contributed by atoms with E-state index in [2.05, 4.69) is 10.7 Å². The van der Waals surface area contributed by atoms with Crippen LogP contribution in [0.1, 0.15) is 12.5 Å². The van der Waals surface area contributed by atoms with Crippen LogP contribution in [0.4, 0.5) is 5.69 Å². The predicted molar refractivity (Wildman–Crippen MR) is 89.9 cm³/mol. The van der Waals surface area contributed by atoms with Crippen molar-refractivity contribution in [2.24, 2.45) is 0 Å². The van der Waals surface area contributed by atoms with Gasteiger partial charge in [-0.15, -0.1) is 0 Å². The van der Waals surface area contributed by atoms with Crippen LogP contribution in [-0.4, -0.2) is 31.0 Å². The van der Waals surface area contributed by atoms with E-state index < -0.39 is 6.10 Å². The molecule has 0 saturated carbocycles. The Morgan fingerprint density at radius 1 is 1.35 bits per heavy atom. The summed E-state index contributed by atoms with van der Waals surface area (Å²) in [5.74, 6) is 0.264. The van der Waals surface area contributed by atoms with Gasteiger partial charge in [-0.3, -0.25) is 14.5 Å². The number of carbonyl (C=O) groups excluding carboxylic acids is 2. The maximum Gasteiger partial charge on any atom is 0.268 e. The van der Waals surface area contributed by atoms with E-state index in [1.165, 1.54) is 10.5 Å². The van der Waals surface area contributed by atoms with Gasteiger partial charge in [0.2, 0.25) is 5.91 Å². The van der Waals surface area contributed by atoms with Crippen molar-refractivity contribution in [3.05, 3.63) is 46.7 Å². The van der Waals surface area contributed by atoms with Gasteiger partial charge in [-0.1, -0.05) is 12.1 Å². The SMILES string of the molecule is CC1Oc2ccccc2N(CC(=O)NCCc2ccsc2)C1=O. The molecule has 6 heteroatoms. The van der Waals surface area contributed by atoms with Gasteiger partial charge >= 0.3 is 0 Å². The third-order valence-corrected chi connectivity index (χ3v) is 4.42. The van der Waals surface area contributed by atoms with Gasteiger partial charge < -0.3 is 10.1 Å². The molecule has 1 aromatic carbocycles. The number of carbonyl (C=O) groups is 2. The summed E-state index contributed by atoms with van der Waals surface area (Å²) in [6, 6.07) is 9.31. The number of fused-ring (bicyclic) bond motifs is 1. The molecule has 3 rings (SSSR count). The number of rotatable bonds is 5. The number of amides is 2. The third kappa shape index (κ3) is 3.53. The smallest absolute Gasteiger partial charge is 0.268 e. The van der Waals surface area contributed by atoms with Gasteiger partial charge in [-0.25, -0.2) is 0 Å². The van der Waals surface area contributed by atoms with E-state index in [1.54, 1.807) is 30.4 Å². The lowest BCUT2D eigenvalue weighted by Crippen LogP contribution is -2.49. The Kier molecular flexibility index (Phi) is 4.62. The van der Waals surface area contributed by atoms with Crippen LogP contribution < -0.4 is 15.0 Å². The first-order chi connectivity index (χ1) is 11.1. The molecule has 0 aliphatic carbocycles. The van der Waals surface area contributed by atoms with E-state index in [-0.39, 0.29) is 18.4 Å². The van der Waals surface area contributed by atoms with Crippen molar-refractivity contribution in [1.29, 1.82) is 0 Å². The minimum absolute atomic E-state index is 0.00713. The van der Waals surface area contributed by atoms with Crippen molar-refractivity contribution >= 4 is 28.8 Å². The van der Waals surface area contributed by atoms with Crippen LogP contribution in [0.15, 0.2) is 41.1 Å². The first-order valence-electron chi connectivity index (χ1n) is 7.50. The maximum atomic E-state index is 12.3. The minimum Gasteiger partial charge on any atom is -0.479 e. The van der Waals surface area contributed by atoms with Crippen molar-refractivity contribution in [2.45, 2.75) is 19.4 Å². The van der Waals surface area contributed by atoms with E-state index in [0.29, 0.717) is 18.0 Å². The highest BCUT2D eigenvalue weighted by Crippen LogP contribution is 2.33. The molecule has 1 aliphatic rings. The van der Waals surface area contributed by atoms with Gasteiger partial charge in [0.1, 0.15) is 12.3 Å². The molecular formula is C17H18N2O3S. The largest absolute Gasteiger partial charge is 0.479 e. The highest BCUT2D eigenvalue weighted by atomic mass is 32.1. The fourth-order valence-corrected chi connectivity index (χ4v) is 3.21. The lowest BCUT2D eigenvalue weighted by molar-refractivity contribution is -0.128. The first-order valence-corrected chi connectivity index (χ1v) is 8.44. The number of benzene rings is 1. The zero-order valence-electron chi connectivity index (χ0n) is 12.8. The van der Waals surface area contributed by atoms with Gasteiger partial charge in [0.15, 0.2) is 6.10 Å². The summed E-state index contributed by atoms with van der Waals surface area (Å²) in [6.07, 6.45) is 0.211. The Hall–Kier alpha value is -2.34. The molecule has 120 valence electrons. The number of nitrogens with one attached hydrogen (secondary N) is 1. The fourth-order valence-electron chi connectivity index (χ4n) is 2.50. The van der Waals surface area contributed by atoms with Crippen LogP contribution in [0.25, 0.3) is 0 Å². The van der Waals surface area contributed by atoms with Gasteiger partial charge in [0.25, 0.3) is 5.91 Å². The van der Waals surface area contributed by atoms with Crippen molar-refractivity contribution in [3.8, 4) is 5.75 Å². The second-order valence-corrected chi connectivity index (χ2v) is 6.16. The molecule has 1 aromatic heterocycles. The molecule has 0 spiro atoms. The van der Waals surface area contributed by atoms with Crippen LogP contribution >= 0.6 is 11.3 Å². The van der Waals surface area contributed by atoms with Crippen LogP contribution in [0.3, 0.4) is 0 Å². The van der Waals surface area contributed by atoms with Gasteiger partial charge in [0.05, 0.1) is 5.69 Å². The summed E-state index contributed by atoms with van der Waals surface area (Å²) in [7, 11) is 0. The average Bonchev–Trinajstić information content (AvgIpc) is 3.05. The molecule has 2 amide bonds. The highest BCUT2D eigenvalue weighted by Gasteiger charge is 2.32. The second kappa shape index (κ2) is 6.83. The molecule has 5 nitrogen and oxygen atoms in total. The predicted octanol–water partition coefficient (Wildman–Crippen LogP) is 2.22. The lowest BCUT2D eigenvalue weighted by atomic mass is 10.2. The molecule has 0 bridgehead atoms. The quantitative estimate of drug-likeness (QED) is 0.914. The monoisotopic (exact) mass is 330 g/mol. The molecular weight excluding hydrogens is 312 g/mol. The van der Waals surface area contributed by atoms with Crippen LogP contribution in [0.2, 0.25) is 0 Å². The zero-order chi connectivity index (χ0) is 16.2. The van der Waals surface area contributed by atoms with Crippen molar-refractivity contribution in [3.63, 3.8) is 0 Å². The third-order valence-electron chi connectivity index (χ3n) is 3.69. The Morgan fingerprint density at radius 2 is 2.17 bits per heavy atom. The number of nitrogens with zero attached hydrogens (tertiary/aromatic N) is 1. The van der Waals surface area contributed by atoms with Crippen molar-refractivity contribution in [2.75, 3.05) is 18.0 Å². The summed E-state index contributed by atoms with van der Waals surface area (Å²) >= 11 is 1.64. The van der Waals surface area contributed by atoms with Crippen LogP contribution in [0.5, 0.6) is 5.75 Å². The van der Waals surface area contributed by atoms with Gasteiger partial charge in [-0.05, 0) is 47.9 Å². The van der Waals surface area contributed by atoms with Crippen molar-refractivity contribution in [1.82, 2.24) is 5.32 Å². The molecule has 2 aromatic rings. The molecule has 23 heavy (non-hydrogen) atoms. The summed E-state index contributed by atoms with van der Waals surface area (Å²) < 4.78 is 5.56. The molecule has 1 unspecified atom stereocenters. The zero-order valence-corrected chi connectivity index (χ0v) is 13.6. The number of ether oxygens (including phenoxy) is 1. The molecule has 2 heterocycles. The topological polar surface area (TPSA) is 58.6 Å². The maximum absolute atomic E-state index is 12.3. The molecule has 0 radical (unpaired) electrons. The Bertz CT molecular complexity index is 700. The summed E-state index contributed by atoms with van der Waals surface area (Å²) in [5, 5.41) is 6.95. The van der Waals surface area contributed by atoms with Gasteiger partial charge in [-0.2, -0.15) is 11.3 Å². The summed E-state index contributed by atoms with van der Waals surface area (Å²) in [6.45, 7) is 2.26. The van der Waals surface area contributed by atoms with E-state index in [4.69, 9.17) is 4.74 Å². The molecule has 0 saturated heterocycles. The van der Waals surface area contributed by atoms with Gasteiger partial charge in [0, 0.05) is 6.54 Å². The average molecular weight is 330 g/mol. The van der Waals surface area contributed by atoms with Crippen LogP contribution in [-0.2, 0) is 16.0 Å². The molecule has 1 aliphatic heterocycles. The molecule has 1 atom stereocenters. The minimum atomic E-state index is -0.580. The van der Waals surface area contributed by atoms with Crippen LogP contribution in [0, 0.1) is 0 Å². The first kappa shape index (κ1) is 15.6. The normalized spacial score (nSPS) is 16.7. The summed E-state index contributed by atoms with van der Waals surface area (Å²) in [5.41, 5.74) is 1.85. The number of thiophene rings is 1.